The molecule has 1 heterocycles. The van der Waals surface area contributed by atoms with Gasteiger partial charge in [-0.15, -0.1) is 0 Å². The van der Waals surface area contributed by atoms with Gasteiger partial charge in [0.05, 0.1) is 5.92 Å². The summed E-state index contributed by atoms with van der Waals surface area (Å²) >= 11 is 0. The number of phenolic OH excluding ortho intramolecular Hbond substituents is 1. The summed E-state index contributed by atoms with van der Waals surface area (Å²) in [5.41, 5.74) is 0.572. The molecule has 1 aliphatic rings. The molecule has 0 atom stereocenters. The largest absolute Gasteiger partial charge is 0.508 e. The van der Waals surface area contributed by atoms with Gasteiger partial charge in [-0.3, -0.25) is 4.90 Å². The number of hydrogen-bond acceptors (Lipinski definition) is 2. The molecule has 0 amide bonds. The maximum Gasteiger partial charge on any atom is 0.391 e. The quantitative estimate of drug-likeness (QED) is 0.838. The molecule has 2 rings (SSSR count). The predicted molar refractivity (Wildman–Crippen MR) is 62.1 cm³/mol. The van der Waals surface area contributed by atoms with E-state index in [2.05, 4.69) is 0 Å². The number of likely N-dealkylation sites (tertiary alicyclic amines) is 1. The molecule has 1 fully saturated rings. The fraction of sp³-hybridized carbons (Fsp3) is 0.538. The summed E-state index contributed by atoms with van der Waals surface area (Å²) in [7, 11) is 0. The van der Waals surface area contributed by atoms with E-state index in [1.165, 1.54) is 12.1 Å². The zero-order valence-electron chi connectivity index (χ0n) is 10.3. The van der Waals surface area contributed by atoms with E-state index in [4.69, 9.17) is 0 Å². The van der Waals surface area contributed by atoms with Crippen LogP contribution in [0.2, 0.25) is 0 Å². The van der Waals surface area contributed by atoms with Crippen molar-refractivity contribution in [2.45, 2.75) is 25.6 Å². The molecular formula is C13H15F4NO. The number of phenols is 1. The highest BCUT2D eigenvalue weighted by molar-refractivity contribution is 5.28. The van der Waals surface area contributed by atoms with Crippen LogP contribution in [-0.4, -0.2) is 29.3 Å². The lowest BCUT2D eigenvalue weighted by Crippen LogP contribution is -2.38. The molecular weight excluding hydrogens is 262 g/mol. The van der Waals surface area contributed by atoms with Crippen LogP contribution >= 0.6 is 0 Å². The third-order valence-electron chi connectivity index (χ3n) is 3.40. The zero-order chi connectivity index (χ0) is 14.0. The number of halogens is 4. The van der Waals surface area contributed by atoms with Gasteiger partial charge < -0.3 is 5.11 Å². The summed E-state index contributed by atoms with van der Waals surface area (Å²) in [5, 5.41) is 9.26. The minimum atomic E-state index is -4.12. The highest BCUT2D eigenvalue weighted by Gasteiger charge is 2.40. The van der Waals surface area contributed by atoms with Gasteiger partial charge in [-0.25, -0.2) is 4.39 Å². The molecule has 106 valence electrons. The molecule has 1 N–H and O–H groups in total. The Bertz CT molecular complexity index is 419. The normalized spacial score (nSPS) is 18.7. The minimum Gasteiger partial charge on any atom is -0.508 e. The van der Waals surface area contributed by atoms with Crippen LogP contribution in [0.1, 0.15) is 18.4 Å². The Morgan fingerprint density at radius 2 is 1.79 bits per heavy atom. The highest BCUT2D eigenvalue weighted by Crippen LogP contribution is 2.34. The first-order chi connectivity index (χ1) is 8.84. The molecule has 0 bridgehead atoms. The molecule has 1 aromatic rings. The van der Waals surface area contributed by atoms with E-state index in [0.717, 1.165) is 6.07 Å². The lowest BCUT2D eigenvalue weighted by molar-refractivity contribution is -0.185. The summed E-state index contributed by atoms with van der Waals surface area (Å²) in [6.45, 7) is 1.03. The average Bonchev–Trinajstić information content (AvgIpc) is 2.26. The molecule has 2 nitrogen and oxygen atoms in total. The van der Waals surface area contributed by atoms with Crippen LogP contribution in [0.4, 0.5) is 17.6 Å². The van der Waals surface area contributed by atoms with E-state index >= 15 is 0 Å². The van der Waals surface area contributed by atoms with Crippen molar-refractivity contribution in [3.05, 3.63) is 29.6 Å². The Labute approximate surface area is 108 Å². The van der Waals surface area contributed by atoms with Crippen molar-refractivity contribution in [1.29, 1.82) is 0 Å². The topological polar surface area (TPSA) is 23.5 Å². The van der Waals surface area contributed by atoms with Crippen LogP contribution in [-0.2, 0) is 6.54 Å². The zero-order valence-corrected chi connectivity index (χ0v) is 10.3. The van der Waals surface area contributed by atoms with Crippen LogP contribution in [0, 0.1) is 11.7 Å². The second-order valence-corrected chi connectivity index (χ2v) is 4.91. The molecule has 1 saturated heterocycles. The standard InChI is InChI=1S/C13H15F4NO/c14-11-5-9(6-12(19)7-11)8-18-3-1-10(2-4-18)13(15,16)17/h5-7,10,19H,1-4,8H2. The smallest absolute Gasteiger partial charge is 0.391 e. The van der Waals surface area contributed by atoms with Gasteiger partial charge in [0.2, 0.25) is 0 Å². The van der Waals surface area contributed by atoms with Gasteiger partial charge in [-0.2, -0.15) is 13.2 Å². The molecule has 0 saturated carbocycles. The van der Waals surface area contributed by atoms with Crippen LogP contribution in [0.3, 0.4) is 0 Å². The minimum absolute atomic E-state index is 0.0742. The summed E-state index contributed by atoms with van der Waals surface area (Å²) < 4.78 is 50.6. The molecule has 0 aromatic heterocycles. The Hall–Kier alpha value is -1.30. The average molecular weight is 277 g/mol. The molecule has 1 aliphatic heterocycles. The van der Waals surface area contributed by atoms with Crippen molar-refractivity contribution in [1.82, 2.24) is 4.90 Å². The third kappa shape index (κ3) is 3.83. The molecule has 19 heavy (non-hydrogen) atoms. The van der Waals surface area contributed by atoms with Crippen LogP contribution in [0.25, 0.3) is 0 Å². The van der Waals surface area contributed by atoms with Crippen molar-refractivity contribution in [3.63, 3.8) is 0 Å². The number of benzene rings is 1. The number of rotatable bonds is 2. The number of alkyl halides is 3. The SMILES string of the molecule is Oc1cc(F)cc(CN2CCC(C(F)(F)F)CC2)c1. The molecule has 0 unspecified atom stereocenters. The number of hydrogen-bond donors (Lipinski definition) is 1. The lowest BCUT2D eigenvalue weighted by atomic mass is 9.96. The third-order valence-corrected chi connectivity index (χ3v) is 3.40. The summed E-state index contributed by atoms with van der Waals surface area (Å²) in [6.07, 6.45) is -3.97. The predicted octanol–water partition coefficient (Wildman–Crippen LogP) is 3.31. The van der Waals surface area contributed by atoms with Gasteiger partial charge in [0.1, 0.15) is 11.6 Å². The van der Waals surface area contributed by atoms with Gasteiger partial charge in [-0.05, 0) is 43.6 Å². The van der Waals surface area contributed by atoms with E-state index in [0.29, 0.717) is 25.2 Å². The Morgan fingerprint density at radius 1 is 1.16 bits per heavy atom. The van der Waals surface area contributed by atoms with E-state index < -0.39 is 17.9 Å². The van der Waals surface area contributed by atoms with Crippen molar-refractivity contribution < 1.29 is 22.7 Å². The molecule has 1 aromatic carbocycles. The summed E-state index contributed by atoms with van der Waals surface area (Å²) in [4.78, 5) is 1.84. The maximum atomic E-state index is 13.1. The van der Waals surface area contributed by atoms with Crippen molar-refractivity contribution in [2.75, 3.05) is 13.1 Å². The first-order valence-corrected chi connectivity index (χ1v) is 6.12. The lowest BCUT2D eigenvalue weighted by Gasteiger charge is -2.32. The maximum absolute atomic E-state index is 13.1. The van der Waals surface area contributed by atoms with E-state index in [9.17, 15) is 22.7 Å². The molecule has 0 aliphatic carbocycles. The van der Waals surface area contributed by atoms with Gasteiger partial charge in [0.15, 0.2) is 0 Å². The monoisotopic (exact) mass is 277 g/mol. The number of aromatic hydroxyl groups is 1. The van der Waals surface area contributed by atoms with E-state index in [-0.39, 0.29) is 18.6 Å². The number of piperidine rings is 1. The van der Waals surface area contributed by atoms with Crippen molar-refractivity contribution in [3.8, 4) is 5.75 Å². The van der Waals surface area contributed by atoms with Gasteiger partial charge in [-0.1, -0.05) is 0 Å². The first kappa shape index (κ1) is 14.1. The van der Waals surface area contributed by atoms with Gasteiger partial charge >= 0.3 is 6.18 Å². The molecule has 6 heteroatoms. The van der Waals surface area contributed by atoms with Crippen LogP contribution in [0.15, 0.2) is 18.2 Å². The Morgan fingerprint density at radius 3 is 2.32 bits per heavy atom. The second-order valence-electron chi connectivity index (χ2n) is 4.91. The van der Waals surface area contributed by atoms with Crippen LogP contribution < -0.4 is 0 Å². The Balaban J connectivity index is 1.92. The second kappa shape index (κ2) is 5.36. The molecule has 0 spiro atoms. The highest BCUT2D eigenvalue weighted by atomic mass is 19.4. The summed E-state index contributed by atoms with van der Waals surface area (Å²) in [5.74, 6) is -1.94. The Kier molecular flexibility index (Phi) is 3.99. The fourth-order valence-electron chi connectivity index (χ4n) is 2.40. The van der Waals surface area contributed by atoms with E-state index in [1.807, 2.05) is 4.90 Å². The fourth-order valence-corrected chi connectivity index (χ4v) is 2.40. The molecule has 0 radical (unpaired) electrons. The number of nitrogens with zero attached hydrogens (tertiary/aromatic N) is 1. The van der Waals surface area contributed by atoms with Gasteiger partial charge in [0, 0.05) is 12.6 Å². The van der Waals surface area contributed by atoms with Crippen LogP contribution in [0.5, 0.6) is 5.75 Å². The van der Waals surface area contributed by atoms with Crippen molar-refractivity contribution >= 4 is 0 Å². The summed E-state index contributed by atoms with van der Waals surface area (Å²) in [6, 6.07) is 3.72. The van der Waals surface area contributed by atoms with E-state index in [1.54, 1.807) is 0 Å². The van der Waals surface area contributed by atoms with Crippen molar-refractivity contribution in [2.24, 2.45) is 5.92 Å². The first-order valence-electron chi connectivity index (χ1n) is 6.12. The van der Waals surface area contributed by atoms with Gasteiger partial charge in [0.25, 0.3) is 0 Å².